The molecule has 2 fully saturated rings. The van der Waals surface area contributed by atoms with E-state index in [1.807, 2.05) is 0 Å². The van der Waals surface area contributed by atoms with Gasteiger partial charge in [-0.2, -0.15) is 0 Å². The van der Waals surface area contributed by atoms with Crippen LogP contribution in [0.15, 0.2) is 35.2 Å². The molecule has 1 nitrogen and oxygen atoms in total. The fourth-order valence-corrected chi connectivity index (χ4v) is 4.15. The second-order valence-electron chi connectivity index (χ2n) is 4.66. The minimum absolute atomic E-state index is 0.810. The third-order valence-corrected chi connectivity index (χ3v) is 4.74. The second kappa shape index (κ2) is 4.18. The molecule has 0 radical (unpaired) electrons. The van der Waals surface area contributed by atoms with E-state index in [1.165, 1.54) is 30.6 Å². The molecule has 1 aromatic rings. The number of benzene rings is 1. The van der Waals surface area contributed by atoms with Gasteiger partial charge in [-0.3, -0.25) is 0 Å². The lowest BCUT2D eigenvalue weighted by Gasteiger charge is -2.28. The van der Waals surface area contributed by atoms with Crippen molar-refractivity contribution >= 4 is 11.8 Å². The summed E-state index contributed by atoms with van der Waals surface area (Å²) in [4.78, 5) is 1.43. The van der Waals surface area contributed by atoms with Crippen LogP contribution in [0, 0.1) is 0 Å². The van der Waals surface area contributed by atoms with Gasteiger partial charge in [-0.25, -0.2) is 0 Å². The molecule has 2 atom stereocenters. The molecule has 80 valence electrons. The van der Waals surface area contributed by atoms with Gasteiger partial charge in [-0.1, -0.05) is 18.2 Å². The van der Waals surface area contributed by atoms with Gasteiger partial charge in [0.25, 0.3) is 0 Å². The van der Waals surface area contributed by atoms with E-state index in [4.69, 9.17) is 0 Å². The van der Waals surface area contributed by atoms with Crippen LogP contribution in [-0.4, -0.2) is 17.3 Å². The molecule has 0 aliphatic carbocycles. The largest absolute Gasteiger partial charge is 0.311 e. The minimum atomic E-state index is 0.810. The maximum absolute atomic E-state index is 3.69. The molecule has 2 aliphatic heterocycles. The SMILES string of the molecule is c1ccc(SC2C[C@H]3CC[C@H](C2)N3)cc1. The molecule has 15 heavy (non-hydrogen) atoms. The molecule has 0 unspecified atom stereocenters. The molecule has 0 amide bonds. The molecular formula is C13H17NS. The fraction of sp³-hybridized carbons (Fsp3) is 0.538. The van der Waals surface area contributed by atoms with Crippen LogP contribution in [0.4, 0.5) is 0 Å². The van der Waals surface area contributed by atoms with Gasteiger partial charge in [0.15, 0.2) is 0 Å². The van der Waals surface area contributed by atoms with Crippen molar-refractivity contribution in [3.63, 3.8) is 0 Å². The lowest BCUT2D eigenvalue weighted by molar-refractivity contribution is 0.415. The third kappa shape index (κ3) is 2.21. The quantitative estimate of drug-likeness (QED) is 0.820. The summed E-state index contributed by atoms with van der Waals surface area (Å²) in [7, 11) is 0. The number of rotatable bonds is 2. The van der Waals surface area contributed by atoms with Crippen LogP contribution in [0.1, 0.15) is 25.7 Å². The van der Waals surface area contributed by atoms with E-state index in [0.717, 1.165) is 17.3 Å². The summed E-state index contributed by atoms with van der Waals surface area (Å²) in [6.45, 7) is 0. The van der Waals surface area contributed by atoms with Crippen molar-refractivity contribution in [2.45, 2.75) is 47.9 Å². The Morgan fingerprint density at radius 1 is 1.00 bits per heavy atom. The zero-order valence-electron chi connectivity index (χ0n) is 8.86. The summed E-state index contributed by atoms with van der Waals surface area (Å²) >= 11 is 2.07. The van der Waals surface area contributed by atoms with E-state index in [9.17, 15) is 0 Å². The van der Waals surface area contributed by atoms with Crippen LogP contribution in [0.3, 0.4) is 0 Å². The highest BCUT2D eigenvalue weighted by atomic mass is 32.2. The Kier molecular flexibility index (Phi) is 2.72. The average molecular weight is 219 g/mol. The van der Waals surface area contributed by atoms with Gasteiger partial charge in [0.1, 0.15) is 0 Å². The highest BCUT2D eigenvalue weighted by molar-refractivity contribution is 8.00. The van der Waals surface area contributed by atoms with Crippen molar-refractivity contribution in [1.82, 2.24) is 5.32 Å². The van der Waals surface area contributed by atoms with Crippen molar-refractivity contribution in [2.24, 2.45) is 0 Å². The maximum Gasteiger partial charge on any atom is 0.0124 e. The highest BCUT2D eigenvalue weighted by Crippen LogP contribution is 2.36. The predicted octanol–water partition coefficient (Wildman–Crippen LogP) is 3.06. The minimum Gasteiger partial charge on any atom is -0.311 e. The molecular weight excluding hydrogens is 202 g/mol. The van der Waals surface area contributed by atoms with Crippen molar-refractivity contribution < 1.29 is 0 Å². The van der Waals surface area contributed by atoms with Crippen LogP contribution in [0.2, 0.25) is 0 Å². The van der Waals surface area contributed by atoms with Gasteiger partial charge in [0.2, 0.25) is 0 Å². The van der Waals surface area contributed by atoms with Crippen LogP contribution in [0.25, 0.3) is 0 Å². The standard InChI is InChI=1S/C13H17NS/c1-2-4-12(5-3-1)15-13-8-10-6-7-11(9-13)14-10/h1-5,10-11,13-14H,6-9H2/t10-,11-/m1/s1. The summed E-state index contributed by atoms with van der Waals surface area (Å²) in [5, 5.41) is 4.53. The molecule has 0 spiro atoms. The van der Waals surface area contributed by atoms with Gasteiger partial charge in [-0.15, -0.1) is 11.8 Å². The summed E-state index contributed by atoms with van der Waals surface area (Å²) in [6, 6.07) is 12.4. The van der Waals surface area contributed by atoms with E-state index in [-0.39, 0.29) is 0 Å². The average Bonchev–Trinajstić information content (AvgIpc) is 2.60. The van der Waals surface area contributed by atoms with Crippen LogP contribution >= 0.6 is 11.8 Å². The van der Waals surface area contributed by atoms with Crippen LogP contribution in [0.5, 0.6) is 0 Å². The summed E-state index contributed by atoms with van der Waals surface area (Å²) in [6.07, 6.45) is 5.51. The van der Waals surface area contributed by atoms with Gasteiger partial charge in [0.05, 0.1) is 0 Å². The topological polar surface area (TPSA) is 12.0 Å². The second-order valence-corrected chi connectivity index (χ2v) is 6.04. The first-order valence-corrected chi connectivity index (χ1v) is 6.76. The first kappa shape index (κ1) is 9.73. The molecule has 0 aromatic heterocycles. The number of fused-ring (bicyclic) bond motifs is 2. The Balaban J connectivity index is 1.65. The number of thioether (sulfide) groups is 1. The predicted molar refractivity (Wildman–Crippen MR) is 65.3 cm³/mol. The number of hydrogen-bond acceptors (Lipinski definition) is 2. The first-order valence-electron chi connectivity index (χ1n) is 5.88. The Morgan fingerprint density at radius 2 is 1.67 bits per heavy atom. The summed E-state index contributed by atoms with van der Waals surface area (Å²) in [5.74, 6) is 0. The number of hydrogen-bond donors (Lipinski definition) is 1. The smallest absolute Gasteiger partial charge is 0.0124 e. The van der Waals surface area contributed by atoms with Crippen molar-refractivity contribution in [3.8, 4) is 0 Å². The van der Waals surface area contributed by atoms with E-state index in [2.05, 4.69) is 47.4 Å². The molecule has 0 saturated carbocycles. The Labute approximate surface area is 95.6 Å². The molecule has 1 N–H and O–H groups in total. The Morgan fingerprint density at radius 3 is 2.33 bits per heavy atom. The van der Waals surface area contributed by atoms with Gasteiger partial charge < -0.3 is 5.32 Å². The van der Waals surface area contributed by atoms with Crippen molar-refractivity contribution in [1.29, 1.82) is 0 Å². The number of piperidine rings is 1. The van der Waals surface area contributed by atoms with Crippen molar-refractivity contribution in [3.05, 3.63) is 30.3 Å². The van der Waals surface area contributed by atoms with Gasteiger partial charge >= 0.3 is 0 Å². The first-order chi connectivity index (χ1) is 7.40. The summed E-state index contributed by atoms with van der Waals surface area (Å²) in [5.41, 5.74) is 0. The van der Waals surface area contributed by atoms with Gasteiger partial charge in [0, 0.05) is 22.2 Å². The van der Waals surface area contributed by atoms with E-state index >= 15 is 0 Å². The maximum atomic E-state index is 3.69. The van der Waals surface area contributed by atoms with E-state index in [1.54, 1.807) is 0 Å². The van der Waals surface area contributed by atoms with E-state index in [0.29, 0.717) is 0 Å². The zero-order chi connectivity index (χ0) is 10.1. The fourth-order valence-electron chi connectivity index (χ4n) is 2.79. The molecule has 3 rings (SSSR count). The normalized spacial score (nSPS) is 34.3. The van der Waals surface area contributed by atoms with Crippen molar-refractivity contribution in [2.75, 3.05) is 0 Å². The molecule has 1 aromatic carbocycles. The third-order valence-electron chi connectivity index (χ3n) is 3.48. The summed E-state index contributed by atoms with van der Waals surface area (Å²) < 4.78 is 0. The molecule has 2 aliphatic rings. The monoisotopic (exact) mass is 219 g/mol. The molecule has 2 bridgehead atoms. The highest BCUT2D eigenvalue weighted by Gasteiger charge is 2.33. The van der Waals surface area contributed by atoms with Crippen LogP contribution in [-0.2, 0) is 0 Å². The Bertz CT molecular complexity index is 313. The van der Waals surface area contributed by atoms with E-state index < -0.39 is 0 Å². The molecule has 2 saturated heterocycles. The van der Waals surface area contributed by atoms with Crippen LogP contribution < -0.4 is 5.32 Å². The molecule has 2 heterocycles. The lowest BCUT2D eigenvalue weighted by atomic mass is 10.1. The zero-order valence-corrected chi connectivity index (χ0v) is 9.67. The lowest BCUT2D eigenvalue weighted by Crippen LogP contribution is -2.39. The number of nitrogens with one attached hydrogen (secondary N) is 1. The molecule has 2 heteroatoms. The van der Waals surface area contributed by atoms with Gasteiger partial charge in [-0.05, 0) is 37.8 Å². The Hall–Kier alpha value is -0.470.